The molecule has 1 fully saturated rings. The molecule has 3 aromatic rings. The first kappa shape index (κ1) is 60.8. The van der Waals surface area contributed by atoms with Gasteiger partial charge in [-0.3, -0.25) is 14.5 Å². The number of imidazole rings is 1. The second-order valence-corrected chi connectivity index (χ2v) is 15.6. The summed E-state index contributed by atoms with van der Waals surface area (Å²) < 4.78 is 67.2. The van der Waals surface area contributed by atoms with Gasteiger partial charge in [-0.05, 0) is 32.4 Å². The fourth-order valence-electron chi connectivity index (χ4n) is 6.88. The third-order valence-corrected chi connectivity index (χ3v) is 10.8. The smallest absolute Gasteiger partial charge is 0.490 e. The SMILES string of the molecule is CCn1c(CNC(=O)c2nc(Cl)c(N)nc2N)[n+](CC)c2ccc(C(=O)N3CC[C@@H](N(C[C@H](O)[C@@H](O)[C@H](O)[C@H](O)CO)C[C@H](O)[C@@H](O)[C@H](O)[C@H](O)CO)C3)cc21.O=C(O)C(F)(F)F.O=C([O-])C(F)(F)F. The lowest BCUT2D eigenvalue weighted by atomic mass is 10.00. The predicted octanol–water partition coefficient (Wildman–Crippen LogP) is -5.17. The van der Waals surface area contributed by atoms with Crippen LogP contribution in [0.5, 0.6) is 0 Å². The van der Waals surface area contributed by atoms with Crippen LogP contribution in [0.4, 0.5) is 38.0 Å². The zero-order chi connectivity index (χ0) is 53.7. The van der Waals surface area contributed by atoms with Crippen molar-refractivity contribution in [1.82, 2.24) is 29.7 Å². The monoisotopic (exact) mass is 1040 g/mol. The number of hydrogen-bond donors (Lipinski definition) is 14. The van der Waals surface area contributed by atoms with Gasteiger partial charge in [0, 0.05) is 43.9 Å². The van der Waals surface area contributed by atoms with E-state index in [1.165, 1.54) is 9.80 Å². The third kappa shape index (κ3) is 16.1. The minimum atomic E-state index is -5.19. The van der Waals surface area contributed by atoms with E-state index in [4.69, 9.17) is 42.9 Å². The maximum Gasteiger partial charge on any atom is 0.490 e. The highest BCUT2D eigenvalue weighted by molar-refractivity contribution is 6.31. The number of nitrogens with one attached hydrogen (secondary N) is 1. The summed E-state index contributed by atoms with van der Waals surface area (Å²) in [7, 11) is 0. The topological polar surface area (TPSA) is 419 Å². The number of fused-ring (bicyclic) bond motifs is 1. The van der Waals surface area contributed by atoms with Gasteiger partial charge in [0.2, 0.25) is 0 Å². The Morgan fingerprint density at radius 1 is 0.857 bits per heavy atom. The summed E-state index contributed by atoms with van der Waals surface area (Å²) in [4.78, 5) is 55.5. The average molecular weight is 1040 g/mol. The molecule has 25 nitrogen and oxygen atoms in total. The van der Waals surface area contributed by atoms with Gasteiger partial charge in [0.15, 0.2) is 33.5 Å². The average Bonchev–Trinajstić information content (AvgIpc) is 3.92. The number of aliphatic hydroxyl groups is 10. The Hall–Kier alpha value is -5.32. The van der Waals surface area contributed by atoms with E-state index in [-0.39, 0.29) is 48.0 Å². The van der Waals surface area contributed by atoms with Gasteiger partial charge in [-0.2, -0.15) is 26.3 Å². The van der Waals surface area contributed by atoms with Gasteiger partial charge in [0.25, 0.3) is 17.6 Å². The van der Waals surface area contributed by atoms with Gasteiger partial charge in [-0.15, -0.1) is 0 Å². The second-order valence-electron chi connectivity index (χ2n) is 15.3. The highest BCUT2D eigenvalue weighted by Gasteiger charge is 2.40. The number of nitrogens with two attached hydrogens (primary N) is 2. The zero-order valence-corrected chi connectivity index (χ0v) is 37.7. The van der Waals surface area contributed by atoms with Crippen molar-refractivity contribution in [1.29, 1.82) is 0 Å². The molecule has 2 amide bonds. The van der Waals surface area contributed by atoms with Crippen LogP contribution in [-0.4, -0.2) is 211 Å². The number of carbonyl (C=O) groups excluding carboxylic acids is 3. The van der Waals surface area contributed by atoms with Gasteiger partial charge in [0.1, 0.15) is 49.1 Å². The van der Waals surface area contributed by atoms with Crippen molar-refractivity contribution in [2.24, 2.45) is 0 Å². The van der Waals surface area contributed by atoms with Gasteiger partial charge in [-0.25, -0.2) is 23.9 Å². The normalized spacial score (nSPS) is 17.5. The van der Waals surface area contributed by atoms with Gasteiger partial charge < -0.3 is 87.8 Å². The first-order chi connectivity index (χ1) is 32.4. The number of halogens is 7. The summed E-state index contributed by atoms with van der Waals surface area (Å²) in [5.41, 5.74) is 13.1. The molecular weight excluding hydrogens is 988 g/mol. The number of anilines is 2. The number of carboxylic acid groups (broad SMARTS) is 2. The molecule has 4 rings (SSSR count). The molecule has 70 heavy (non-hydrogen) atoms. The van der Waals surface area contributed by atoms with E-state index in [1.807, 2.05) is 23.0 Å². The highest BCUT2D eigenvalue weighted by Crippen LogP contribution is 2.24. The number of hydrogen-bond acceptors (Lipinski definition) is 20. The molecule has 9 atom stereocenters. The van der Waals surface area contributed by atoms with Gasteiger partial charge >= 0.3 is 18.3 Å². The summed E-state index contributed by atoms with van der Waals surface area (Å²) in [5, 5.41) is 119. The molecule has 0 unspecified atom stereocenters. The van der Waals surface area contributed by atoms with E-state index in [2.05, 4.69) is 15.3 Å². The van der Waals surface area contributed by atoms with Crippen molar-refractivity contribution in [3.8, 4) is 0 Å². The lowest BCUT2D eigenvalue weighted by molar-refractivity contribution is -0.676. The van der Waals surface area contributed by atoms with Crippen LogP contribution in [0.2, 0.25) is 5.15 Å². The molecule has 0 spiro atoms. The van der Waals surface area contributed by atoms with Crippen molar-refractivity contribution >= 4 is 58.0 Å². The number of aromatic nitrogens is 4. The van der Waals surface area contributed by atoms with Crippen LogP contribution in [0.15, 0.2) is 18.2 Å². The predicted molar refractivity (Wildman–Crippen MR) is 223 cm³/mol. The lowest BCUT2D eigenvalue weighted by Crippen LogP contribution is -2.55. The third-order valence-electron chi connectivity index (χ3n) is 10.5. The maximum absolute atomic E-state index is 14.0. The van der Waals surface area contributed by atoms with E-state index in [1.54, 1.807) is 18.2 Å². The van der Waals surface area contributed by atoms with Crippen LogP contribution in [0.1, 0.15) is 46.9 Å². The quantitative estimate of drug-likeness (QED) is 0.0394. The molecule has 396 valence electrons. The molecule has 0 aliphatic carbocycles. The molecule has 1 aromatic carbocycles. The van der Waals surface area contributed by atoms with Crippen molar-refractivity contribution in [3.63, 3.8) is 0 Å². The fourth-order valence-corrected chi connectivity index (χ4v) is 7.00. The van der Waals surface area contributed by atoms with E-state index in [0.29, 0.717) is 36.4 Å². The number of amides is 2. The zero-order valence-electron chi connectivity index (χ0n) is 36.9. The molecule has 0 radical (unpaired) electrons. The van der Waals surface area contributed by atoms with Gasteiger partial charge in [0.05, 0.1) is 38.5 Å². The first-order valence-electron chi connectivity index (χ1n) is 20.6. The summed E-state index contributed by atoms with van der Waals surface area (Å²) in [6.45, 7) is 2.44. The number of rotatable bonds is 19. The number of carbonyl (C=O) groups is 4. The van der Waals surface area contributed by atoms with Crippen molar-refractivity contribution < 1.29 is 111 Å². The minimum absolute atomic E-state index is 0.0499. The Labute approximate surface area is 397 Å². The number of alkyl halides is 6. The maximum atomic E-state index is 14.0. The lowest BCUT2D eigenvalue weighted by Gasteiger charge is -2.36. The van der Waals surface area contributed by atoms with Crippen LogP contribution in [0, 0.1) is 0 Å². The number of nitrogen functional groups attached to an aromatic ring is 2. The second kappa shape index (κ2) is 26.2. The standard InChI is InChI=1S/C34H52ClN9O12.2C2HF3O2/c1-3-43-18-6-5-16(9-19(18)44(4-2)24(43)10-38-33(55)25-31(36)40-32(37)30(35)39-25)34(56)41-8-7-17(11-41)42(12-20(47)26(51)28(53)22(49)14-45)13-21(48)27(52)29(54)23(50)15-46;2*3-2(4,5)1(6)7/h5-6,9,17,20-23,26-29,45-54H,3-4,7-8,10-15H2,1-2H3,(H4-,36,37,38,40,55);2*(H,6,7)/t17-,20+,21+,22-,23-,26-,27-,28-,29-;;/m1../s1. The van der Waals surface area contributed by atoms with E-state index in [9.17, 15) is 87.0 Å². The number of nitrogens with zero attached hydrogens (tertiary/aromatic N) is 6. The Morgan fingerprint density at radius 3 is 1.77 bits per heavy atom. The molecular formula is C38H54ClF6N9O16. The highest BCUT2D eigenvalue weighted by atomic mass is 35.5. The number of benzene rings is 1. The summed E-state index contributed by atoms with van der Waals surface area (Å²) >= 11 is 5.96. The van der Waals surface area contributed by atoms with Crippen LogP contribution in [0.3, 0.4) is 0 Å². The fraction of sp³-hybridized carbons (Fsp3) is 0.605. The largest absolute Gasteiger partial charge is 0.542 e. The van der Waals surface area contributed by atoms with E-state index in [0.717, 1.165) is 5.52 Å². The van der Waals surface area contributed by atoms with Crippen molar-refractivity contribution in [2.75, 3.05) is 50.9 Å². The molecule has 0 saturated carbocycles. The minimum Gasteiger partial charge on any atom is -0.542 e. The number of aliphatic hydroxyl groups excluding tert-OH is 10. The summed E-state index contributed by atoms with van der Waals surface area (Å²) in [5.74, 6) is -6.32. The Bertz CT molecular complexity index is 2190. The number of aliphatic carboxylic acids is 2. The Balaban J connectivity index is 0.00000104. The first-order valence-corrected chi connectivity index (χ1v) is 20.9. The van der Waals surface area contributed by atoms with Crippen LogP contribution < -0.4 is 26.5 Å². The van der Waals surface area contributed by atoms with E-state index >= 15 is 0 Å². The van der Waals surface area contributed by atoms with Crippen molar-refractivity contribution in [3.05, 3.63) is 40.4 Å². The number of aryl methyl sites for hydroxylation is 2. The van der Waals surface area contributed by atoms with Crippen LogP contribution >= 0.6 is 11.6 Å². The molecule has 0 bridgehead atoms. The number of carboxylic acids is 2. The number of likely N-dealkylation sites (tertiary alicyclic amines) is 1. The van der Waals surface area contributed by atoms with E-state index < -0.39 is 111 Å². The molecule has 1 saturated heterocycles. The molecule has 16 N–H and O–H groups in total. The molecule has 2 aromatic heterocycles. The summed E-state index contributed by atoms with van der Waals surface area (Å²) in [6, 6.07) is 4.59. The molecule has 32 heteroatoms. The van der Waals surface area contributed by atoms with Crippen LogP contribution in [0.25, 0.3) is 11.0 Å². The Morgan fingerprint density at radius 2 is 1.34 bits per heavy atom. The molecule has 3 heterocycles. The van der Waals surface area contributed by atoms with Crippen molar-refractivity contribution in [2.45, 2.75) is 107 Å². The van der Waals surface area contributed by atoms with Crippen LogP contribution in [-0.2, 0) is 29.2 Å². The Kier molecular flexibility index (Phi) is 22.8. The summed E-state index contributed by atoms with van der Waals surface area (Å²) in [6.07, 6.45) is -24.8. The van der Waals surface area contributed by atoms with Gasteiger partial charge in [-0.1, -0.05) is 11.6 Å². The molecule has 1 aliphatic heterocycles. The molecule has 1 aliphatic rings.